The number of nitrogens with one attached hydrogen (secondary N) is 2. The Kier molecular flexibility index (Phi) is 9.99. The predicted octanol–water partition coefficient (Wildman–Crippen LogP) is 6.92. The Morgan fingerprint density at radius 3 is 2.35 bits per heavy atom. The maximum Gasteiger partial charge on any atom is 0.416 e. The smallest absolute Gasteiger partial charge is 0.416 e. The van der Waals surface area contributed by atoms with Crippen molar-refractivity contribution in [2.45, 2.75) is 68.2 Å². The highest BCUT2D eigenvalue weighted by molar-refractivity contribution is 8.00. The Labute approximate surface area is 252 Å². The number of anilines is 3. The van der Waals surface area contributed by atoms with Crippen molar-refractivity contribution in [2.75, 3.05) is 41.7 Å². The van der Waals surface area contributed by atoms with E-state index in [2.05, 4.69) is 15.6 Å². The number of piperazine rings is 1. The summed E-state index contributed by atoms with van der Waals surface area (Å²) >= 11 is 1.55. The summed E-state index contributed by atoms with van der Waals surface area (Å²) in [5.41, 5.74) is -1.08. The summed E-state index contributed by atoms with van der Waals surface area (Å²) in [6.45, 7) is 1.70. The molecule has 1 saturated carbocycles. The van der Waals surface area contributed by atoms with E-state index in [9.17, 15) is 27.2 Å². The summed E-state index contributed by atoms with van der Waals surface area (Å²) < 4.78 is 61.5. The zero-order valence-electron chi connectivity index (χ0n) is 23.7. The fourth-order valence-electron chi connectivity index (χ4n) is 5.52. The van der Waals surface area contributed by atoms with Crippen LogP contribution in [-0.2, 0) is 9.53 Å². The molecule has 5 rings (SSSR count). The zero-order chi connectivity index (χ0) is 30.4. The second-order valence-corrected chi connectivity index (χ2v) is 12.3. The van der Waals surface area contributed by atoms with Crippen molar-refractivity contribution in [3.63, 3.8) is 0 Å². The maximum absolute atomic E-state index is 13.9. The number of para-hydroxylation sites is 1. The minimum Gasteiger partial charge on any atom is -0.474 e. The van der Waals surface area contributed by atoms with Gasteiger partial charge in [0.2, 0.25) is 0 Å². The molecule has 1 unspecified atom stereocenters. The van der Waals surface area contributed by atoms with Gasteiger partial charge in [0.25, 0.3) is 5.91 Å². The molecular weight excluding hydrogens is 586 g/mol. The van der Waals surface area contributed by atoms with Gasteiger partial charge < -0.3 is 25.2 Å². The van der Waals surface area contributed by atoms with Crippen molar-refractivity contribution >= 4 is 40.9 Å². The monoisotopic (exact) mass is 621 g/mol. The van der Waals surface area contributed by atoms with Gasteiger partial charge in [0.15, 0.2) is 5.76 Å². The number of halogens is 4. The number of thioether (sulfide) groups is 1. The lowest BCUT2D eigenvalue weighted by Gasteiger charge is -2.35. The second kappa shape index (κ2) is 13.9. The first-order chi connectivity index (χ1) is 20.7. The fraction of sp³-hybridized carbons (Fsp3) is 0.500. The predicted molar refractivity (Wildman–Crippen MR) is 158 cm³/mol. The summed E-state index contributed by atoms with van der Waals surface area (Å²) in [4.78, 5) is 33.6. The highest BCUT2D eigenvalue weighted by Crippen LogP contribution is 2.41. The molecule has 3 amide bonds. The number of urea groups is 1. The number of nitrogens with zero attached hydrogens (tertiary/aromatic N) is 3. The number of alkyl halides is 3. The normalized spacial score (nSPS) is 20.3. The van der Waals surface area contributed by atoms with Crippen molar-refractivity contribution in [1.29, 1.82) is 0 Å². The van der Waals surface area contributed by atoms with Crippen LogP contribution in [0, 0.1) is 5.82 Å². The SMILES string of the molecule is O=C(Nc1ccc(N2CCN(C(=O)Nc3ccccc3F)CC2)nc1)C1=C(C(F)(F)F)CCCC(SC2CCCCC2)O1. The van der Waals surface area contributed by atoms with Gasteiger partial charge in [-0.1, -0.05) is 31.4 Å². The van der Waals surface area contributed by atoms with E-state index >= 15 is 0 Å². The number of carbonyl (C=O) groups is 2. The van der Waals surface area contributed by atoms with E-state index in [4.69, 9.17) is 4.74 Å². The van der Waals surface area contributed by atoms with Crippen molar-refractivity contribution in [2.24, 2.45) is 0 Å². The molecule has 0 radical (unpaired) electrons. The van der Waals surface area contributed by atoms with Crippen LogP contribution in [0.15, 0.2) is 53.9 Å². The molecule has 2 N–H and O–H groups in total. The van der Waals surface area contributed by atoms with Crippen LogP contribution in [-0.4, -0.2) is 64.9 Å². The summed E-state index contributed by atoms with van der Waals surface area (Å²) in [7, 11) is 0. The molecule has 1 saturated heterocycles. The van der Waals surface area contributed by atoms with Crippen LogP contribution in [0.25, 0.3) is 0 Å². The van der Waals surface area contributed by atoms with Crippen LogP contribution >= 0.6 is 11.8 Å². The Hall–Kier alpha value is -3.48. The van der Waals surface area contributed by atoms with Gasteiger partial charge >= 0.3 is 12.2 Å². The molecule has 3 heterocycles. The molecule has 232 valence electrons. The summed E-state index contributed by atoms with van der Waals surface area (Å²) in [6.07, 6.45) is 2.59. The van der Waals surface area contributed by atoms with Gasteiger partial charge in [0.05, 0.1) is 23.1 Å². The first-order valence-electron chi connectivity index (χ1n) is 14.6. The Morgan fingerprint density at radius 1 is 0.930 bits per heavy atom. The Bertz CT molecular complexity index is 1310. The lowest BCUT2D eigenvalue weighted by atomic mass is 10.0. The largest absolute Gasteiger partial charge is 0.474 e. The molecule has 1 aliphatic carbocycles. The van der Waals surface area contributed by atoms with E-state index in [1.165, 1.54) is 24.8 Å². The van der Waals surface area contributed by atoms with Crippen molar-refractivity contribution in [1.82, 2.24) is 9.88 Å². The summed E-state index contributed by atoms with van der Waals surface area (Å²) in [5, 5.41) is 5.45. The van der Waals surface area contributed by atoms with Crippen LogP contribution in [0.2, 0.25) is 0 Å². The topological polar surface area (TPSA) is 86.8 Å². The lowest BCUT2D eigenvalue weighted by Crippen LogP contribution is -2.50. The number of carbonyl (C=O) groups excluding carboxylic acids is 2. The van der Waals surface area contributed by atoms with E-state index in [1.54, 1.807) is 40.9 Å². The molecule has 0 spiro atoms. The first kappa shape index (κ1) is 31.0. The third kappa shape index (κ3) is 8.12. The molecule has 43 heavy (non-hydrogen) atoms. The molecule has 2 aliphatic heterocycles. The van der Waals surface area contributed by atoms with Gasteiger partial charge in [-0.05, 0) is 56.4 Å². The van der Waals surface area contributed by atoms with E-state index in [0.29, 0.717) is 50.1 Å². The highest BCUT2D eigenvalue weighted by Gasteiger charge is 2.41. The number of pyridine rings is 1. The molecule has 1 aromatic carbocycles. The van der Waals surface area contributed by atoms with Crippen LogP contribution in [0.5, 0.6) is 0 Å². The highest BCUT2D eigenvalue weighted by atomic mass is 32.2. The number of benzene rings is 1. The van der Waals surface area contributed by atoms with E-state index < -0.39 is 40.7 Å². The number of amides is 3. The molecule has 1 atom stereocenters. The van der Waals surface area contributed by atoms with Gasteiger partial charge in [-0.2, -0.15) is 13.2 Å². The Balaban J connectivity index is 1.18. The molecule has 2 fully saturated rings. The van der Waals surface area contributed by atoms with Gasteiger partial charge in [-0.15, -0.1) is 11.8 Å². The second-order valence-electron chi connectivity index (χ2n) is 10.9. The molecule has 13 heteroatoms. The third-order valence-corrected chi connectivity index (χ3v) is 9.34. The summed E-state index contributed by atoms with van der Waals surface area (Å²) in [5.74, 6) is -1.52. The van der Waals surface area contributed by atoms with Crippen molar-refractivity contribution in [3.05, 3.63) is 59.7 Å². The third-order valence-electron chi connectivity index (χ3n) is 7.85. The quantitative estimate of drug-likeness (QED) is 0.341. The van der Waals surface area contributed by atoms with Crippen LogP contribution in [0.3, 0.4) is 0 Å². The lowest BCUT2D eigenvalue weighted by molar-refractivity contribution is -0.120. The van der Waals surface area contributed by atoms with Gasteiger partial charge in [-0.25, -0.2) is 14.2 Å². The molecule has 2 aromatic rings. The molecule has 1 aromatic heterocycles. The molecule has 8 nitrogen and oxygen atoms in total. The van der Waals surface area contributed by atoms with Gasteiger partial charge in [-0.3, -0.25) is 4.79 Å². The number of rotatable bonds is 6. The van der Waals surface area contributed by atoms with Gasteiger partial charge in [0.1, 0.15) is 17.1 Å². The zero-order valence-corrected chi connectivity index (χ0v) is 24.5. The standard InChI is InChI=1S/C30H35F4N5O3S/c31-23-10-4-5-11-24(23)37-29(41)39-17-15-38(16-18-39)25-14-13-20(19-35-25)36-28(40)27-22(30(32,33)34)9-6-12-26(42-27)43-21-7-2-1-3-8-21/h4-5,10-11,13-14,19,21,26H,1-3,6-9,12,15-18H2,(H,36,40)(H,37,41). The first-order valence-corrected chi connectivity index (χ1v) is 15.6. The summed E-state index contributed by atoms with van der Waals surface area (Å²) in [6, 6.07) is 8.79. The average molecular weight is 622 g/mol. The molecule has 0 bridgehead atoms. The average Bonchev–Trinajstić information content (AvgIpc) is 3.22. The number of ether oxygens (including phenoxy) is 1. The minimum absolute atomic E-state index is 0.111. The maximum atomic E-state index is 13.9. The fourth-order valence-corrected chi connectivity index (χ4v) is 7.01. The van der Waals surface area contributed by atoms with E-state index in [0.717, 1.165) is 25.7 Å². The van der Waals surface area contributed by atoms with E-state index in [-0.39, 0.29) is 17.8 Å². The Morgan fingerprint density at radius 2 is 1.67 bits per heavy atom. The number of hydrogen-bond donors (Lipinski definition) is 2. The van der Waals surface area contributed by atoms with Crippen molar-refractivity contribution < 1.29 is 31.9 Å². The molecular formula is C30H35F4N5O3S. The van der Waals surface area contributed by atoms with Crippen LogP contribution in [0.4, 0.5) is 39.5 Å². The van der Waals surface area contributed by atoms with Gasteiger partial charge in [0, 0.05) is 31.4 Å². The van der Waals surface area contributed by atoms with Crippen molar-refractivity contribution in [3.8, 4) is 0 Å². The van der Waals surface area contributed by atoms with E-state index in [1.807, 2.05) is 4.90 Å². The number of aromatic nitrogens is 1. The van der Waals surface area contributed by atoms with Crippen LogP contribution < -0.4 is 15.5 Å². The molecule has 3 aliphatic rings. The number of allylic oxidation sites excluding steroid dienone is 1. The van der Waals surface area contributed by atoms with Crippen LogP contribution in [0.1, 0.15) is 51.4 Å². The number of hydrogen-bond acceptors (Lipinski definition) is 6. The minimum atomic E-state index is -4.67.